The first kappa shape index (κ1) is 24.1. The SMILES string of the molecule is Cl.N=C(N)N(Cl)c1cncc2cc(S(=O)(=O)N(CC(=O)O)CC3CCCC3)ccc12. The van der Waals surface area contributed by atoms with E-state index in [0.717, 1.165) is 34.4 Å². The van der Waals surface area contributed by atoms with E-state index in [4.69, 9.17) is 22.9 Å². The van der Waals surface area contributed by atoms with Gasteiger partial charge in [-0.25, -0.2) is 12.8 Å². The number of nitrogens with zero attached hydrogens (tertiary/aromatic N) is 3. The van der Waals surface area contributed by atoms with Gasteiger partial charge in [0.15, 0.2) is 0 Å². The van der Waals surface area contributed by atoms with Gasteiger partial charge in [-0.2, -0.15) is 4.31 Å². The van der Waals surface area contributed by atoms with Gasteiger partial charge in [0, 0.05) is 35.3 Å². The maximum atomic E-state index is 13.2. The number of sulfonamides is 1. The highest BCUT2D eigenvalue weighted by Gasteiger charge is 2.30. The zero-order valence-corrected chi connectivity index (χ0v) is 18.4. The van der Waals surface area contributed by atoms with Crippen LogP contribution in [0.5, 0.6) is 0 Å². The van der Waals surface area contributed by atoms with Gasteiger partial charge < -0.3 is 10.8 Å². The molecule has 1 aliphatic rings. The van der Waals surface area contributed by atoms with Gasteiger partial charge in [0.05, 0.1) is 16.8 Å². The maximum absolute atomic E-state index is 13.2. The van der Waals surface area contributed by atoms with E-state index in [2.05, 4.69) is 4.98 Å². The van der Waals surface area contributed by atoms with E-state index in [9.17, 15) is 18.3 Å². The number of rotatable bonds is 7. The first-order valence-electron chi connectivity index (χ1n) is 9.10. The topological polar surface area (TPSA) is 141 Å². The predicted molar refractivity (Wildman–Crippen MR) is 118 cm³/mol. The number of anilines is 1. The molecule has 0 spiro atoms. The largest absolute Gasteiger partial charge is 0.480 e. The summed E-state index contributed by atoms with van der Waals surface area (Å²) in [5.41, 5.74) is 5.75. The van der Waals surface area contributed by atoms with Crippen LogP contribution in [-0.4, -0.2) is 47.8 Å². The monoisotopic (exact) mass is 475 g/mol. The normalized spacial score (nSPS) is 14.6. The smallest absolute Gasteiger partial charge is 0.318 e. The molecule has 0 unspecified atom stereocenters. The molecule has 0 radical (unpaired) electrons. The summed E-state index contributed by atoms with van der Waals surface area (Å²) in [4.78, 5) is 15.3. The molecule has 30 heavy (non-hydrogen) atoms. The second-order valence-electron chi connectivity index (χ2n) is 7.05. The summed E-state index contributed by atoms with van der Waals surface area (Å²) in [6.07, 6.45) is 6.74. The lowest BCUT2D eigenvalue weighted by Gasteiger charge is -2.24. The van der Waals surface area contributed by atoms with Crippen LogP contribution in [0.25, 0.3) is 10.8 Å². The fraction of sp³-hybridized carbons (Fsp3) is 0.389. The standard InChI is InChI=1S/C18H22ClN5O4S.ClH/c19-24(18(20)21)16-9-22-8-13-7-14(5-6-15(13)16)29(27,28)23(11-17(25)26)10-12-3-1-2-4-12;/h5-9,12H,1-4,10-11H2,(H3,20,21)(H,25,26);1H. The van der Waals surface area contributed by atoms with Gasteiger partial charge in [0.2, 0.25) is 16.0 Å². The molecule has 12 heteroatoms. The van der Waals surface area contributed by atoms with Crippen molar-refractivity contribution in [3.8, 4) is 0 Å². The van der Waals surface area contributed by atoms with Crippen molar-refractivity contribution in [3.05, 3.63) is 30.6 Å². The molecule has 0 aliphatic heterocycles. The van der Waals surface area contributed by atoms with E-state index in [1.54, 1.807) is 6.07 Å². The van der Waals surface area contributed by atoms with Gasteiger partial charge >= 0.3 is 5.97 Å². The Hall–Kier alpha value is -2.14. The van der Waals surface area contributed by atoms with E-state index in [1.807, 2.05) is 0 Å². The number of hydrogen-bond donors (Lipinski definition) is 3. The number of guanidine groups is 1. The van der Waals surface area contributed by atoms with E-state index in [-0.39, 0.29) is 29.8 Å². The van der Waals surface area contributed by atoms with Gasteiger partial charge in [0.25, 0.3) is 0 Å². The fourth-order valence-corrected chi connectivity index (χ4v) is 5.25. The summed E-state index contributed by atoms with van der Waals surface area (Å²) < 4.78 is 28.3. The van der Waals surface area contributed by atoms with Crippen molar-refractivity contribution in [2.45, 2.75) is 30.6 Å². The van der Waals surface area contributed by atoms with Gasteiger partial charge in [-0.15, -0.1) is 12.4 Å². The van der Waals surface area contributed by atoms with Gasteiger partial charge in [-0.1, -0.05) is 18.9 Å². The molecular formula is C18H23Cl2N5O4S. The van der Waals surface area contributed by atoms with Crippen LogP contribution in [0, 0.1) is 11.3 Å². The van der Waals surface area contributed by atoms with Crippen molar-refractivity contribution in [2.24, 2.45) is 11.7 Å². The quantitative estimate of drug-likeness (QED) is 0.317. The van der Waals surface area contributed by atoms with Crippen LogP contribution in [-0.2, 0) is 14.8 Å². The number of aliphatic carboxylic acids is 1. The summed E-state index contributed by atoms with van der Waals surface area (Å²) in [6.45, 7) is -0.403. The molecule has 9 nitrogen and oxygen atoms in total. The Morgan fingerprint density at radius 1 is 1.30 bits per heavy atom. The molecule has 1 saturated carbocycles. The minimum atomic E-state index is -4.01. The molecular weight excluding hydrogens is 453 g/mol. The van der Waals surface area contributed by atoms with Crippen molar-refractivity contribution >= 4 is 62.6 Å². The van der Waals surface area contributed by atoms with Crippen LogP contribution in [0.2, 0.25) is 0 Å². The first-order valence-corrected chi connectivity index (χ1v) is 10.9. The highest BCUT2D eigenvalue weighted by Crippen LogP contribution is 2.31. The molecule has 0 amide bonds. The van der Waals surface area contributed by atoms with E-state index >= 15 is 0 Å². The van der Waals surface area contributed by atoms with Crippen LogP contribution in [0.15, 0.2) is 35.5 Å². The van der Waals surface area contributed by atoms with Crippen LogP contribution in [0.1, 0.15) is 25.7 Å². The van der Waals surface area contributed by atoms with E-state index < -0.39 is 28.5 Å². The van der Waals surface area contributed by atoms with Crippen molar-refractivity contribution in [3.63, 3.8) is 0 Å². The number of halogens is 2. The van der Waals surface area contributed by atoms with Gasteiger partial charge in [-0.05, 0) is 30.9 Å². The third kappa shape index (κ3) is 5.12. The molecule has 1 aromatic carbocycles. The number of benzene rings is 1. The molecule has 0 atom stereocenters. The molecule has 0 saturated heterocycles. The zero-order valence-electron chi connectivity index (χ0n) is 16.0. The Bertz CT molecular complexity index is 1040. The minimum absolute atomic E-state index is 0. The van der Waals surface area contributed by atoms with Gasteiger partial charge in [-0.3, -0.25) is 15.2 Å². The lowest BCUT2D eigenvalue weighted by Crippen LogP contribution is -2.38. The van der Waals surface area contributed by atoms with Crippen molar-refractivity contribution in [2.75, 3.05) is 17.5 Å². The van der Waals surface area contributed by atoms with E-state index in [1.165, 1.54) is 24.5 Å². The first-order chi connectivity index (χ1) is 13.7. The van der Waals surface area contributed by atoms with Crippen LogP contribution in [0.4, 0.5) is 5.69 Å². The molecule has 2 aromatic rings. The molecule has 0 bridgehead atoms. The lowest BCUT2D eigenvalue weighted by atomic mass is 10.1. The fourth-order valence-electron chi connectivity index (χ4n) is 3.61. The Labute approximate surface area is 185 Å². The van der Waals surface area contributed by atoms with Crippen LogP contribution in [0.3, 0.4) is 0 Å². The molecule has 1 aromatic heterocycles. The summed E-state index contributed by atoms with van der Waals surface area (Å²) in [5, 5.41) is 17.7. The number of carbonyl (C=O) groups is 1. The van der Waals surface area contributed by atoms with Crippen LogP contribution < -0.4 is 10.2 Å². The highest BCUT2D eigenvalue weighted by atomic mass is 35.5. The lowest BCUT2D eigenvalue weighted by molar-refractivity contribution is -0.137. The second kappa shape index (κ2) is 9.78. The Morgan fingerprint density at radius 2 is 1.97 bits per heavy atom. The van der Waals surface area contributed by atoms with E-state index in [0.29, 0.717) is 16.5 Å². The number of pyridine rings is 1. The molecule has 4 N–H and O–H groups in total. The molecule has 1 fully saturated rings. The Balaban J connectivity index is 0.00000320. The predicted octanol–water partition coefficient (Wildman–Crippen LogP) is 2.78. The average Bonchev–Trinajstić information content (AvgIpc) is 3.18. The zero-order chi connectivity index (χ0) is 21.2. The summed E-state index contributed by atoms with van der Waals surface area (Å²) in [6, 6.07) is 4.37. The van der Waals surface area contributed by atoms with Gasteiger partial charge in [0.1, 0.15) is 6.54 Å². The minimum Gasteiger partial charge on any atom is -0.480 e. The number of nitrogens with two attached hydrogens (primary N) is 1. The maximum Gasteiger partial charge on any atom is 0.318 e. The molecule has 164 valence electrons. The Kier molecular flexibility index (Phi) is 7.87. The molecule has 1 heterocycles. The summed E-state index contributed by atoms with van der Waals surface area (Å²) in [5.74, 6) is -1.43. The van der Waals surface area contributed by atoms with Crippen molar-refractivity contribution in [1.82, 2.24) is 9.29 Å². The third-order valence-electron chi connectivity index (χ3n) is 5.02. The number of carboxylic acids is 1. The number of fused-ring (bicyclic) bond motifs is 1. The average molecular weight is 476 g/mol. The van der Waals surface area contributed by atoms with Crippen LogP contribution >= 0.6 is 24.2 Å². The number of nitrogens with one attached hydrogen (secondary N) is 1. The highest BCUT2D eigenvalue weighted by molar-refractivity contribution is 7.89. The summed E-state index contributed by atoms with van der Waals surface area (Å²) >= 11 is 6.00. The second-order valence-corrected chi connectivity index (χ2v) is 9.33. The molecule has 1 aliphatic carbocycles. The molecule has 3 rings (SSSR count). The van der Waals surface area contributed by atoms with Crippen molar-refractivity contribution < 1.29 is 18.3 Å². The Morgan fingerprint density at radius 3 is 2.57 bits per heavy atom. The number of carboxylic acid groups (broad SMARTS) is 1. The number of hydrogen-bond acceptors (Lipinski definition) is 5. The number of aromatic nitrogens is 1. The van der Waals surface area contributed by atoms with Crippen molar-refractivity contribution in [1.29, 1.82) is 5.41 Å². The third-order valence-corrected chi connectivity index (χ3v) is 7.19. The summed E-state index contributed by atoms with van der Waals surface area (Å²) in [7, 11) is -4.01.